The molecular formula is C21H23FN6O3. The molecule has 0 radical (unpaired) electrons. The normalized spacial score (nSPS) is 14.6. The molecule has 2 amide bonds. The van der Waals surface area contributed by atoms with Gasteiger partial charge in [0.25, 0.3) is 5.91 Å². The molecule has 3 aromatic rings. The van der Waals surface area contributed by atoms with Crippen LogP contribution in [0.4, 0.5) is 10.2 Å². The molecule has 1 N–H and O–H groups in total. The van der Waals surface area contributed by atoms with Crippen LogP contribution in [-0.2, 0) is 4.79 Å². The molecule has 1 fully saturated rings. The lowest BCUT2D eigenvalue weighted by Crippen LogP contribution is -2.50. The number of halogens is 1. The first-order valence-electron chi connectivity index (χ1n) is 9.96. The molecule has 1 aromatic carbocycles. The molecule has 1 aliphatic heterocycles. The largest absolute Gasteiger partial charge is 0.351 e. The summed E-state index contributed by atoms with van der Waals surface area (Å²) in [6.45, 7) is 5.92. The molecule has 1 saturated heterocycles. The highest BCUT2D eigenvalue weighted by Gasteiger charge is 2.25. The third-order valence-corrected chi connectivity index (χ3v) is 5.04. The maximum absolute atomic E-state index is 13.2. The zero-order valence-corrected chi connectivity index (χ0v) is 17.3. The van der Waals surface area contributed by atoms with Crippen LogP contribution in [0.25, 0.3) is 5.69 Å². The van der Waals surface area contributed by atoms with Crippen molar-refractivity contribution in [2.24, 2.45) is 0 Å². The van der Waals surface area contributed by atoms with Crippen LogP contribution in [0.15, 0.2) is 40.9 Å². The van der Waals surface area contributed by atoms with Gasteiger partial charge in [-0.05, 0) is 38.1 Å². The lowest BCUT2D eigenvalue weighted by atomic mass is 10.2. The quantitative estimate of drug-likeness (QED) is 0.671. The molecule has 0 saturated carbocycles. The molecule has 4 rings (SSSR count). The van der Waals surface area contributed by atoms with Gasteiger partial charge < -0.3 is 14.7 Å². The first-order chi connectivity index (χ1) is 14.9. The van der Waals surface area contributed by atoms with Crippen molar-refractivity contribution in [3.8, 4) is 5.69 Å². The summed E-state index contributed by atoms with van der Waals surface area (Å²) in [5.41, 5.74) is 2.04. The summed E-state index contributed by atoms with van der Waals surface area (Å²) >= 11 is 0. The van der Waals surface area contributed by atoms with Gasteiger partial charge >= 0.3 is 0 Å². The molecule has 0 spiro atoms. The average molecular weight is 426 g/mol. The van der Waals surface area contributed by atoms with Gasteiger partial charge in [0.1, 0.15) is 11.6 Å². The Bertz CT molecular complexity index is 1080. The molecule has 31 heavy (non-hydrogen) atoms. The maximum atomic E-state index is 13.2. The number of rotatable bonds is 5. The van der Waals surface area contributed by atoms with Crippen molar-refractivity contribution in [1.29, 1.82) is 0 Å². The Hall–Kier alpha value is -3.53. The fourth-order valence-electron chi connectivity index (χ4n) is 3.48. The Labute approximate surface area is 178 Å². The molecule has 2 aromatic heterocycles. The number of aryl methyl sites for hydroxylation is 2. The van der Waals surface area contributed by atoms with E-state index < -0.39 is 0 Å². The number of piperazine rings is 1. The molecule has 0 bridgehead atoms. The summed E-state index contributed by atoms with van der Waals surface area (Å²) in [6, 6.07) is 9.27. The van der Waals surface area contributed by atoms with Crippen molar-refractivity contribution >= 4 is 17.6 Å². The Balaban J connectivity index is 1.33. The first kappa shape index (κ1) is 20.7. The van der Waals surface area contributed by atoms with Crippen LogP contribution in [-0.4, -0.2) is 69.3 Å². The van der Waals surface area contributed by atoms with Gasteiger partial charge in [0, 0.05) is 38.3 Å². The Kier molecular flexibility index (Phi) is 5.81. The lowest BCUT2D eigenvalue weighted by Gasteiger charge is -2.33. The van der Waals surface area contributed by atoms with Gasteiger partial charge in [-0.1, -0.05) is 5.16 Å². The minimum atomic E-state index is -0.339. The van der Waals surface area contributed by atoms with E-state index in [4.69, 9.17) is 4.52 Å². The maximum Gasteiger partial charge on any atom is 0.292 e. The molecule has 3 heterocycles. The van der Waals surface area contributed by atoms with E-state index in [1.54, 1.807) is 40.8 Å². The number of carbonyl (C=O) groups excluding carboxylic acids is 2. The zero-order valence-electron chi connectivity index (χ0n) is 17.3. The predicted molar refractivity (Wildman–Crippen MR) is 110 cm³/mol. The third kappa shape index (κ3) is 4.80. The van der Waals surface area contributed by atoms with Gasteiger partial charge in [-0.15, -0.1) is 0 Å². The molecule has 1 aliphatic rings. The second-order valence-corrected chi connectivity index (χ2v) is 7.51. The van der Waals surface area contributed by atoms with Crippen LogP contribution in [0.3, 0.4) is 0 Å². The SMILES string of the molecule is Cc1cc(C(=O)N2CCN(CC(=O)Nc3cc(C)nn3-c3ccc(F)cc3)CC2)on1. The summed E-state index contributed by atoms with van der Waals surface area (Å²) in [5.74, 6) is 0.0308. The summed E-state index contributed by atoms with van der Waals surface area (Å²) in [4.78, 5) is 28.7. The Morgan fingerprint density at radius 1 is 1.06 bits per heavy atom. The number of hydrogen-bond donors (Lipinski definition) is 1. The van der Waals surface area contributed by atoms with Crippen molar-refractivity contribution in [3.63, 3.8) is 0 Å². The van der Waals surface area contributed by atoms with E-state index in [2.05, 4.69) is 15.6 Å². The molecule has 0 aliphatic carbocycles. The molecular weight excluding hydrogens is 403 g/mol. The number of benzene rings is 1. The standard InChI is InChI=1S/C21H23FN6O3/c1-14-12-19(28(24-14)17-5-3-16(22)4-6-17)23-20(29)13-26-7-9-27(10-8-26)21(30)18-11-15(2)25-31-18/h3-6,11-12H,7-10,13H2,1-2H3,(H,23,29). The van der Waals surface area contributed by atoms with Crippen LogP contribution in [0.5, 0.6) is 0 Å². The van der Waals surface area contributed by atoms with Gasteiger partial charge in [0.05, 0.1) is 23.6 Å². The highest BCUT2D eigenvalue weighted by atomic mass is 19.1. The monoisotopic (exact) mass is 426 g/mol. The smallest absolute Gasteiger partial charge is 0.292 e. The summed E-state index contributed by atoms with van der Waals surface area (Å²) < 4.78 is 19.8. The highest BCUT2D eigenvalue weighted by Crippen LogP contribution is 2.18. The van der Waals surface area contributed by atoms with Gasteiger partial charge in [-0.3, -0.25) is 14.5 Å². The van der Waals surface area contributed by atoms with E-state index in [1.165, 1.54) is 12.1 Å². The fourth-order valence-corrected chi connectivity index (χ4v) is 3.48. The molecule has 0 unspecified atom stereocenters. The van der Waals surface area contributed by atoms with Crippen molar-refractivity contribution < 1.29 is 18.5 Å². The van der Waals surface area contributed by atoms with Crippen LogP contribution in [0.2, 0.25) is 0 Å². The van der Waals surface area contributed by atoms with Crippen molar-refractivity contribution in [2.45, 2.75) is 13.8 Å². The van der Waals surface area contributed by atoms with E-state index in [9.17, 15) is 14.0 Å². The van der Waals surface area contributed by atoms with Crippen LogP contribution in [0.1, 0.15) is 21.9 Å². The number of hydrogen-bond acceptors (Lipinski definition) is 6. The summed E-state index contributed by atoms with van der Waals surface area (Å²) in [6.07, 6.45) is 0. The van der Waals surface area contributed by atoms with E-state index >= 15 is 0 Å². The van der Waals surface area contributed by atoms with E-state index in [-0.39, 0.29) is 29.9 Å². The summed E-state index contributed by atoms with van der Waals surface area (Å²) in [5, 5.41) is 11.0. The van der Waals surface area contributed by atoms with Crippen LogP contribution >= 0.6 is 0 Å². The number of anilines is 1. The molecule has 162 valence electrons. The zero-order chi connectivity index (χ0) is 22.0. The minimum absolute atomic E-state index is 0.186. The number of amides is 2. The summed E-state index contributed by atoms with van der Waals surface area (Å²) in [7, 11) is 0. The van der Waals surface area contributed by atoms with Gasteiger partial charge in [0.15, 0.2) is 0 Å². The van der Waals surface area contributed by atoms with Gasteiger partial charge in [-0.2, -0.15) is 5.10 Å². The van der Waals surface area contributed by atoms with Crippen molar-refractivity contribution in [1.82, 2.24) is 24.7 Å². The van der Waals surface area contributed by atoms with E-state index in [0.29, 0.717) is 43.4 Å². The van der Waals surface area contributed by atoms with E-state index in [1.807, 2.05) is 11.8 Å². The highest BCUT2D eigenvalue weighted by molar-refractivity contribution is 5.92. The van der Waals surface area contributed by atoms with Crippen molar-refractivity contribution in [2.75, 3.05) is 38.0 Å². The molecule has 9 nitrogen and oxygen atoms in total. The third-order valence-electron chi connectivity index (χ3n) is 5.04. The van der Waals surface area contributed by atoms with E-state index in [0.717, 1.165) is 5.69 Å². The minimum Gasteiger partial charge on any atom is -0.351 e. The number of nitrogens with zero attached hydrogens (tertiary/aromatic N) is 5. The van der Waals surface area contributed by atoms with Crippen LogP contribution < -0.4 is 5.32 Å². The Morgan fingerprint density at radius 2 is 1.77 bits per heavy atom. The Morgan fingerprint density at radius 3 is 2.42 bits per heavy atom. The second kappa shape index (κ2) is 8.68. The second-order valence-electron chi connectivity index (χ2n) is 7.51. The fraction of sp³-hybridized carbons (Fsp3) is 0.333. The number of aromatic nitrogens is 3. The predicted octanol–water partition coefficient (Wildman–Crippen LogP) is 2.01. The first-order valence-corrected chi connectivity index (χ1v) is 9.96. The molecule has 0 atom stereocenters. The average Bonchev–Trinajstić information content (AvgIpc) is 3.34. The van der Waals surface area contributed by atoms with Crippen LogP contribution in [0, 0.1) is 19.7 Å². The van der Waals surface area contributed by atoms with Gasteiger partial charge in [0.2, 0.25) is 11.7 Å². The number of nitrogens with one attached hydrogen (secondary N) is 1. The van der Waals surface area contributed by atoms with Gasteiger partial charge in [-0.25, -0.2) is 9.07 Å². The van der Waals surface area contributed by atoms with Crippen molar-refractivity contribution in [3.05, 3.63) is 59.4 Å². The number of carbonyl (C=O) groups is 2. The lowest BCUT2D eigenvalue weighted by molar-refractivity contribution is -0.117. The molecule has 10 heteroatoms. The topological polar surface area (TPSA) is 96.5 Å².